The number of benzene rings is 1. The Hall–Kier alpha value is -2.56. The number of thiophene rings is 1. The van der Waals surface area contributed by atoms with Crippen LogP contribution in [0.5, 0.6) is 0 Å². The van der Waals surface area contributed by atoms with E-state index in [9.17, 15) is 14.9 Å². The van der Waals surface area contributed by atoms with Gasteiger partial charge in [0.2, 0.25) is 5.78 Å². The highest BCUT2D eigenvalue weighted by Crippen LogP contribution is 2.46. The van der Waals surface area contributed by atoms with Crippen LogP contribution in [0.3, 0.4) is 0 Å². The number of nitrogens with zero attached hydrogens (tertiary/aromatic N) is 2. The fraction of sp³-hybridized carbons (Fsp3) is 0.167. The second kappa shape index (κ2) is 7.55. The monoisotopic (exact) mass is 370 g/mol. The number of hydrogen-bond donors (Lipinski definition) is 0. The van der Waals surface area contributed by atoms with Gasteiger partial charge in [-0.25, -0.2) is 0 Å². The molecule has 25 heavy (non-hydrogen) atoms. The highest BCUT2D eigenvalue weighted by molar-refractivity contribution is 8.03. The van der Waals surface area contributed by atoms with E-state index in [1.807, 2.05) is 52.1 Å². The van der Waals surface area contributed by atoms with Crippen LogP contribution in [0.15, 0.2) is 56.6 Å². The summed E-state index contributed by atoms with van der Waals surface area (Å²) in [4.78, 5) is 27.0. The number of anilines is 1. The number of Topliss-reactive ketones (excluding diaryl/α,β-unsaturated/α-hetero) is 1. The zero-order valence-electron chi connectivity index (χ0n) is 13.4. The van der Waals surface area contributed by atoms with Gasteiger partial charge in [0, 0.05) is 11.9 Å². The van der Waals surface area contributed by atoms with Crippen LogP contribution < -0.4 is 4.90 Å². The van der Waals surface area contributed by atoms with Crippen LogP contribution in [0.4, 0.5) is 5.69 Å². The third-order valence-electron chi connectivity index (χ3n) is 3.64. The van der Waals surface area contributed by atoms with E-state index in [1.54, 1.807) is 7.05 Å². The van der Waals surface area contributed by atoms with E-state index in [0.717, 1.165) is 16.1 Å². The van der Waals surface area contributed by atoms with E-state index >= 15 is 0 Å². The maximum Gasteiger partial charge on any atom is 0.310 e. The van der Waals surface area contributed by atoms with Crippen LogP contribution in [0.2, 0.25) is 0 Å². The summed E-state index contributed by atoms with van der Waals surface area (Å²) in [5.41, 5.74) is 1.80. The van der Waals surface area contributed by atoms with Crippen molar-refractivity contribution in [1.82, 2.24) is 0 Å². The van der Waals surface area contributed by atoms with Gasteiger partial charge in [0.05, 0.1) is 12.1 Å². The first kappa shape index (κ1) is 17.3. The lowest BCUT2D eigenvalue weighted by Gasteiger charge is -2.14. The molecule has 5 nitrogen and oxygen atoms in total. The standard InChI is InChI=1S/C18H14N2O3S2/c1-20-14-4-2-3-5-16(14)25-18(20)13(9-19)15(21)10-23-17(22)8-12-6-7-24-11-12/h2-7,11H,8,10H2,1H3/b18-13-. The van der Waals surface area contributed by atoms with Gasteiger partial charge < -0.3 is 9.64 Å². The molecule has 1 aliphatic heterocycles. The van der Waals surface area contributed by atoms with E-state index in [0.29, 0.717) is 5.03 Å². The fourth-order valence-electron chi connectivity index (χ4n) is 2.38. The molecule has 1 aromatic carbocycles. The Labute approximate surface area is 153 Å². The Morgan fingerprint density at radius 2 is 2.08 bits per heavy atom. The minimum absolute atomic E-state index is 0.00651. The lowest BCUT2D eigenvalue weighted by atomic mass is 10.2. The first-order valence-electron chi connectivity index (χ1n) is 7.45. The lowest BCUT2D eigenvalue weighted by molar-refractivity contribution is -0.146. The molecule has 0 atom stereocenters. The van der Waals surface area contributed by atoms with Crippen LogP contribution in [-0.4, -0.2) is 25.4 Å². The van der Waals surface area contributed by atoms with E-state index in [2.05, 4.69) is 0 Å². The van der Waals surface area contributed by atoms with Crippen LogP contribution in [0.25, 0.3) is 0 Å². The van der Waals surface area contributed by atoms with Gasteiger partial charge in [-0.3, -0.25) is 9.59 Å². The number of para-hydroxylation sites is 1. The number of fused-ring (bicyclic) bond motifs is 1. The van der Waals surface area contributed by atoms with E-state index in [-0.39, 0.29) is 12.0 Å². The van der Waals surface area contributed by atoms with Gasteiger partial charge in [0.1, 0.15) is 16.7 Å². The van der Waals surface area contributed by atoms with Crippen molar-refractivity contribution in [3.8, 4) is 6.07 Å². The highest BCUT2D eigenvalue weighted by Gasteiger charge is 2.28. The Balaban J connectivity index is 1.68. The predicted molar refractivity (Wildman–Crippen MR) is 97.3 cm³/mol. The molecule has 0 saturated carbocycles. The van der Waals surface area contributed by atoms with Crippen LogP contribution >= 0.6 is 23.1 Å². The summed E-state index contributed by atoms with van der Waals surface area (Å²) >= 11 is 2.86. The maximum absolute atomic E-state index is 12.4. The van der Waals surface area contributed by atoms with Gasteiger partial charge in [-0.1, -0.05) is 23.9 Å². The lowest BCUT2D eigenvalue weighted by Crippen LogP contribution is -2.20. The molecule has 3 rings (SSSR count). The van der Waals surface area contributed by atoms with Crippen molar-refractivity contribution in [2.45, 2.75) is 11.3 Å². The number of esters is 1. The van der Waals surface area contributed by atoms with Crippen molar-refractivity contribution >= 4 is 40.5 Å². The fourth-order valence-corrected chi connectivity index (χ4v) is 4.21. The molecule has 2 heterocycles. The molecular formula is C18H14N2O3S2. The van der Waals surface area contributed by atoms with Gasteiger partial charge in [0.15, 0.2) is 6.61 Å². The van der Waals surface area contributed by atoms with Gasteiger partial charge in [0.25, 0.3) is 0 Å². The number of thioether (sulfide) groups is 1. The van der Waals surface area contributed by atoms with E-state index < -0.39 is 18.4 Å². The number of carbonyl (C=O) groups is 2. The maximum atomic E-state index is 12.4. The zero-order valence-corrected chi connectivity index (χ0v) is 15.0. The van der Waals surface area contributed by atoms with Gasteiger partial charge in [-0.05, 0) is 34.5 Å². The SMILES string of the molecule is CN1/C(=C(\C#N)C(=O)COC(=O)Cc2ccsc2)Sc2ccccc21. The second-order valence-corrected chi connectivity index (χ2v) is 7.12. The van der Waals surface area contributed by atoms with Gasteiger partial charge in [-0.15, -0.1) is 0 Å². The molecule has 1 aliphatic rings. The van der Waals surface area contributed by atoms with Crippen molar-refractivity contribution in [2.75, 3.05) is 18.6 Å². The summed E-state index contributed by atoms with van der Waals surface area (Å²) in [5.74, 6) is -0.979. The molecule has 2 aromatic rings. The third kappa shape index (κ3) is 3.76. The molecule has 0 amide bonds. The normalized spacial score (nSPS) is 14.6. The van der Waals surface area contributed by atoms with E-state index in [1.165, 1.54) is 23.1 Å². The number of ether oxygens (including phenoxy) is 1. The summed E-state index contributed by atoms with van der Waals surface area (Å²) in [6.45, 7) is -0.430. The third-order valence-corrected chi connectivity index (χ3v) is 5.60. The van der Waals surface area contributed by atoms with E-state index in [4.69, 9.17) is 4.74 Å². The van der Waals surface area contributed by atoms with Crippen molar-refractivity contribution in [3.05, 3.63) is 57.3 Å². The zero-order chi connectivity index (χ0) is 17.8. The molecule has 0 saturated heterocycles. The smallest absolute Gasteiger partial charge is 0.310 e. The molecule has 0 fully saturated rings. The Kier molecular flexibility index (Phi) is 5.22. The molecule has 0 N–H and O–H groups in total. The first-order chi connectivity index (χ1) is 12.1. The molecule has 0 radical (unpaired) electrons. The molecule has 126 valence electrons. The van der Waals surface area contributed by atoms with Gasteiger partial charge in [-0.2, -0.15) is 16.6 Å². The second-order valence-electron chi connectivity index (χ2n) is 5.31. The number of ketones is 1. The molecule has 1 aromatic heterocycles. The summed E-state index contributed by atoms with van der Waals surface area (Å²) < 4.78 is 5.03. The molecule has 0 spiro atoms. The summed E-state index contributed by atoms with van der Waals surface area (Å²) in [5, 5.41) is 13.7. The highest BCUT2D eigenvalue weighted by atomic mass is 32.2. The van der Waals surface area contributed by atoms with Crippen LogP contribution in [0, 0.1) is 11.3 Å². The molecule has 7 heteroatoms. The molecule has 0 bridgehead atoms. The largest absolute Gasteiger partial charge is 0.457 e. The molecular weight excluding hydrogens is 356 g/mol. The van der Waals surface area contributed by atoms with Crippen molar-refractivity contribution in [1.29, 1.82) is 5.26 Å². The predicted octanol–water partition coefficient (Wildman–Crippen LogP) is 3.38. The number of hydrogen-bond acceptors (Lipinski definition) is 7. The topological polar surface area (TPSA) is 70.4 Å². The Morgan fingerprint density at radius 1 is 1.28 bits per heavy atom. The number of rotatable bonds is 5. The minimum atomic E-state index is -0.497. The first-order valence-corrected chi connectivity index (χ1v) is 9.21. The van der Waals surface area contributed by atoms with Gasteiger partial charge >= 0.3 is 5.97 Å². The Bertz CT molecular complexity index is 882. The van der Waals surface area contributed by atoms with Crippen molar-refractivity contribution < 1.29 is 14.3 Å². The molecule has 0 unspecified atom stereocenters. The summed E-state index contributed by atoms with van der Waals surface area (Å²) in [6.07, 6.45) is 0.120. The van der Waals surface area contributed by atoms with Crippen LogP contribution in [0.1, 0.15) is 5.56 Å². The average molecular weight is 370 g/mol. The molecule has 0 aliphatic carbocycles. The number of nitriles is 1. The minimum Gasteiger partial charge on any atom is -0.457 e. The quantitative estimate of drug-likeness (QED) is 0.456. The summed E-state index contributed by atoms with van der Waals surface area (Å²) in [6, 6.07) is 11.5. The van der Waals surface area contributed by atoms with Crippen LogP contribution in [-0.2, 0) is 20.7 Å². The summed E-state index contributed by atoms with van der Waals surface area (Å²) in [7, 11) is 1.81. The van der Waals surface area contributed by atoms with Crippen molar-refractivity contribution in [2.24, 2.45) is 0 Å². The Morgan fingerprint density at radius 3 is 2.76 bits per heavy atom. The number of carbonyl (C=O) groups excluding carboxylic acids is 2. The average Bonchev–Trinajstić information content (AvgIpc) is 3.23. The van der Waals surface area contributed by atoms with Crippen molar-refractivity contribution in [3.63, 3.8) is 0 Å².